The van der Waals surface area contributed by atoms with Crippen LogP contribution in [0.25, 0.3) is 0 Å². The molecule has 0 aliphatic heterocycles. The molecule has 0 saturated carbocycles. The fourth-order valence-electron chi connectivity index (χ4n) is 2.07. The highest BCUT2D eigenvalue weighted by Crippen LogP contribution is 2.33. The van der Waals surface area contributed by atoms with E-state index in [1.165, 1.54) is 11.8 Å². The summed E-state index contributed by atoms with van der Waals surface area (Å²) in [5.41, 5.74) is 1.30. The van der Waals surface area contributed by atoms with Crippen LogP contribution in [0.4, 0.5) is 11.4 Å². The van der Waals surface area contributed by atoms with Crippen molar-refractivity contribution in [1.82, 2.24) is 0 Å². The van der Waals surface area contributed by atoms with E-state index in [2.05, 4.69) is 5.32 Å². The van der Waals surface area contributed by atoms with Gasteiger partial charge in [0.05, 0.1) is 27.4 Å². The van der Waals surface area contributed by atoms with Crippen molar-refractivity contribution in [2.75, 3.05) is 16.8 Å². The zero-order valence-electron chi connectivity index (χ0n) is 12.7. The summed E-state index contributed by atoms with van der Waals surface area (Å²) in [6, 6.07) is 13.2. The predicted molar refractivity (Wildman–Crippen MR) is 94.3 cm³/mol. The number of nitrogens with one attached hydrogen (secondary N) is 1. The molecule has 24 heavy (non-hydrogen) atoms. The van der Waals surface area contributed by atoms with E-state index < -0.39 is 5.91 Å². The Balaban J connectivity index is 2.17. The van der Waals surface area contributed by atoms with Crippen molar-refractivity contribution in [2.45, 2.75) is 6.92 Å². The first-order valence-corrected chi connectivity index (χ1v) is 7.70. The minimum atomic E-state index is -0.411. The van der Waals surface area contributed by atoms with Crippen molar-refractivity contribution in [3.63, 3.8) is 0 Å². The lowest BCUT2D eigenvalue weighted by atomic mass is 10.2. The Morgan fingerprint density at radius 3 is 2.21 bits per heavy atom. The van der Waals surface area contributed by atoms with Gasteiger partial charge in [-0.05, 0) is 36.4 Å². The van der Waals surface area contributed by atoms with E-state index in [9.17, 15) is 9.59 Å². The molecule has 122 valence electrons. The average Bonchev–Trinajstić information content (AvgIpc) is 2.54. The van der Waals surface area contributed by atoms with Gasteiger partial charge in [0.2, 0.25) is 11.8 Å². The quantitative estimate of drug-likeness (QED) is 0.898. The van der Waals surface area contributed by atoms with Gasteiger partial charge in [-0.2, -0.15) is 5.26 Å². The summed E-state index contributed by atoms with van der Waals surface area (Å²) >= 11 is 12.2. The molecule has 2 aromatic rings. The van der Waals surface area contributed by atoms with Crippen molar-refractivity contribution in [3.05, 3.63) is 58.1 Å². The molecule has 2 aromatic carbocycles. The highest BCUT2D eigenvalue weighted by molar-refractivity contribution is 6.40. The largest absolute Gasteiger partial charge is 0.325 e. The maximum absolute atomic E-state index is 12.2. The van der Waals surface area contributed by atoms with E-state index in [0.717, 1.165) is 0 Å². The Morgan fingerprint density at radius 2 is 1.71 bits per heavy atom. The second kappa shape index (κ2) is 7.82. The molecule has 0 radical (unpaired) electrons. The average molecular weight is 362 g/mol. The first-order valence-electron chi connectivity index (χ1n) is 6.94. The van der Waals surface area contributed by atoms with Crippen LogP contribution in [0.5, 0.6) is 0 Å². The van der Waals surface area contributed by atoms with E-state index in [4.69, 9.17) is 28.5 Å². The molecule has 0 aliphatic rings. The summed E-state index contributed by atoms with van der Waals surface area (Å²) in [5.74, 6) is -0.772. The number of carbonyl (C=O) groups is 2. The van der Waals surface area contributed by atoms with Crippen molar-refractivity contribution in [2.24, 2.45) is 0 Å². The molecule has 0 heterocycles. The highest BCUT2D eigenvalue weighted by atomic mass is 35.5. The summed E-state index contributed by atoms with van der Waals surface area (Å²) in [6.07, 6.45) is 0. The second-order valence-electron chi connectivity index (χ2n) is 4.91. The molecule has 1 N–H and O–H groups in total. The third-order valence-corrected chi connectivity index (χ3v) is 3.80. The second-order valence-corrected chi connectivity index (χ2v) is 5.73. The van der Waals surface area contributed by atoms with Gasteiger partial charge >= 0.3 is 0 Å². The number of halogens is 2. The summed E-state index contributed by atoms with van der Waals surface area (Å²) in [4.78, 5) is 25.3. The Hall–Kier alpha value is -2.55. The van der Waals surface area contributed by atoms with Crippen LogP contribution in [0.15, 0.2) is 42.5 Å². The molecule has 2 amide bonds. The number of benzene rings is 2. The van der Waals surface area contributed by atoms with Gasteiger partial charge in [0.15, 0.2) is 0 Å². The lowest BCUT2D eigenvalue weighted by molar-refractivity contribution is -0.120. The maximum Gasteiger partial charge on any atom is 0.244 e. The minimum Gasteiger partial charge on any atom is -0.325 e. The molecule has 0 fully saturated rings. The molecule has 2 rings (SSSR count). The number of carbonyl (C=O) groups excluding carboxylic acids is 2. The molecule has 0 unspecified atom stereocenters. The maximum atomic E-state index is 12.2. The summed E-state index contributed by atoms with van der Waals surface area (Å²) in [7, 11) is 0. The van der Waals surface area contributed by atoms with Crippen LogP contribution >= 0.6 is 23.2 Å². The molecule has 7 heteroatoms. The van der Waals surface area contributed by atoms with Gasteiger partial charge < -0.3 is 10.2 Å². The molecular weight excluding hydrogens is 349 g/mol. The third kappa shape index (κ3) is 4.25. The van der Waals surface area contributed by atoms with Gasteiger partial charge in [-0.3, -0.25) is 9.59 Å². The van der Waals surface area contributed by atoms with Crippen LogP contribution < -0.4 is 10.2 Å². The lowest BCUT2D eigenvalue weighted by Crippen LogP contribution is -2.37. The SMILES string of the molecule is CC(=O)N(CC(=O)Nc1ccc(C#N)cc1)c1c(Cl)cccc1Cl. The number of hydrogen-bond donors (Lipinski definition) is 1. The molecule has 0 spiro atoms. The topological polar surface area (TPSA) is 73.2 Å². The minimum absolute atomic E-state index is 0.237. The van der Waals surface area contributed by atoms with Crippen molar-refractivity contribution >= 4 is 46.4 Å². The number of anilines is 2. The summed E-state index contributed by atoms with van der Waals surface area (Å²) in [6.45, 7) is 1.09. The molecule has 0 saturated heterocycles. The first-order chi connectivity index (χ1) is 11.4. The van der Waals surface area contributed by atoms with E-state index in [1.54, 1.807) is 42.5 Å². The Kier molecular flexibility index (Phi) is 5.80. The van der Waals surface area contributed by atoms with Gasteiger partial charge in [0.1, 0.15) is 6.54 Å². The van der Waals surface area contributed by atoms with Crippen LogP contribution in [0.3, 0.4) is 0 Å². The molecule has 0 aliphatic carbocycles. The van der Waals surface area contributed by atoms with E-state index in [-0.39, 0.29) is 22.5 Å². The van der Waals surface area contributed by atoms with Gasteiger partial charge in [0, 0.05) is 12.6 Å². The van der Waals surface area contributed by atoms with Crippen LogP contribution in [-0.4, -0.2) is 18.4 Å². The van der Waals surface area contributed by atoms with Gasteiger partial charge in [0.25, 0.3) is 0 Å². The smallest absolute Gasteiger partial charge is 0.244 e. The molecule has 0 bridgehead atoms. The molecule has 0 atom stereocenters. The lowest BCUT2D eigenvalue weighted by Gasteiger charge is -2.23. The third-order valence-electron chi connectivity index (χ3n) is 3.19. The summed E-state index contributed by atoms with van der Waals surface area (Å²) < 4.78 is 0. The van der Waals surface area contributed by atoms with Crippen LogP contribution in [0, 0.1) is 11.3 Å². The number of nitriles is 1. The number of nitrogens with zero attached hydrogens (tertiary/aromatic N) is 2. The fourth-order valence-corrected chi connectivity index (χ4v) is 2.67. The normalized spacial score (nSPS) is 9.92. The van der Waals surface area contributed by atoms with Crippen LogP contribution in [0.1, 0.15) is 12.5 Å². The number of hydrogen-bond acceptors (Lipinski definition) is 3. The molecular formula is C17H13Cl2N3O2. The van der Waals surface area contributed by atoms with Crippen molar-refractivity contribution < 1.29 is 9.59 Å². The number of amides is 2. The number of para-hydroxylation sites is 1. The zero-order chi connectivity index (χ0) is 17.7. The fraction of sp³-hybridized carbons (Fsp3) is 0.118. The van der Waals surface area contributed by atoms with Gasteiger partial charge in [-0.25, -0.2) is 0 Å². The van der Waals surface area contributed by atoms with Gasteiger partial charge in [-0.15, -0.1) is 0 Å². The first kappa shape index (κ1) is 17.8. The Bertz CT molecular complexity index is 793. The van der Waals surface area contributed by atoms with E-state index in [1.807, 2.05) is 6.07 Å². The monoisotopic (exact) mass is 361 g/mol. The zero-order valence-corrected chi connectivity index (χ0v) is 14.2. The standard InChI is InChI=1S/C17H13Cl2N3O2/c1-11(23)22(17-14(18)3-2-4-15(17)19)10-16(24)21-13-7-5-12(9-20)6-8-13/h2-8H,10H2,1H3,(H,21,24). The number of rotatable bonds is 4. The van der Waals surface area contributed by atoms with Gasteiger partial charge in [-0.1, -0.05) is 29.3 Å². The van der Waals surface area contributed by atoms with Crippen LogP contribution in [0.2, 0.25) is 10.0 Å². The van der Waals surface area contributed by atoms with E-state index >= 15 is 0 Å². The molecule has 5 nitrogen and oxygen atoms in total. The van der Waals surface area contributed by atoms with Crippen molar-refractivity contribution in [3.8, 4) is 6.07 Å². The van der Waals surface area contributed by atoms with Crippen molar-refractivity contribution in [1.29, 1.82) is 5.26 Å². The molecule has 0 aromatic heterocycles. The van der Waals surface area contributed by atoms with E-state index in [0.29, 0.717) is 16.9 Å². The highest BCUT2D eigenvalue weighted by Gasteiger charge is 2.21. The Morgan fingerprint density at radius 1 is 1.12 bits per heavy atom. The predicted octanol–water partition coefficient (Wildman–Crippen LogP) is 3.86. The van der Waals surface area contributed by atoms with Crippen LogP contribution in [-0.2, 0) is 9.59 Å². The Labute approximate surface area is 149 Å². The summed E-state index contributed by atoms with van der Waals surface area (Å²) in [5, 5.41) is 12.0.